The average Bonchev–Trinajstić information content (AvgIpc) is 3.09. The van der Waals surface area contributed by atoms with Crippen molar-refractivity contribution in [1.82, 2.24) is 0 Å². The van der Waals surface area contributed by atoms with E-state index < -0.39 is 10.0 Å². The molecular formula is C17H19NO2S3. The first-order chi connectivity index (χ1) is 11.1. The maximum Gasteiger partial charge on any atom is 0.261 e. The van der Waals surface area contributed by atoms with E-state index in [4.69, 9.17) is 0 Å². The van der Waals surface area contributed by atoms with Crippen LogP contribution in [-0.2, 0) is 16.4 Å². The van der Waals surface area contributed by atoms with Crippen molar-refractivity contribution in [3.8, 4) is 0 Å². The lowest BCUT2D eigenvalue weighted by atomic mass is 10.2. The van der Waals surface area contributed by atoms with Crippen molar-refractivity contribution in [1.29, 1.82) is 0 Å². The van der Waals surface area contributed by atoms with E-state index in [2.05, 4.69) is 10.8 Å². The Morgan fingerprint density at radius 2 is 1.78 bits per heavy atom. The van der Waals surface area contributed by atoms with Crippen LogP contribution in [-0.4, -0.2) is 19.9 Å². The Balaban J connectivity index is 1.80. The molecule has 1 N–H and O–H groups in total. The van der Waals surface area contributed by atoms with Gasteiger partial charge in [0.25, 0.3) is 10.0 Å². The highest BCUT2D eigenvalue weighted by molar-refractivity contribution is 8.19. The summed E-state index contributed by atoms with van der Waals surface area (Å²) in [5.41, 5.74) is 2.91. The summed E-state index contributed by atoms with van der Waals surface area (Å²) >= 11 is 3.82. The minimum absolute atomic E-state index is 0.296. The van der Waals surface area contributed by atoms with Crippen LogP contribution in [0.3, 0.4) is 0 Å². The minimum Gasteiger partial charge on any atom is -0.280 e. The Labute approximate surface area is 146 Å². The predicted octanol–water partition coefficient (Wildman–Crippen LogP) is 4.53. The fourth-order valence-corrected chi connectivity index (χ4v) is 6.31. The maximum atomic E-state index is 12.5. The summed E-state index contributed by atoms with van der Waals surface area (Å²) in [6.07, 6.45) is 0.895. The lowest BCUT2D eigenvalue weighted by Crippen LogP contribution is -2.13. The Morgan fingerprint density at radius 1 is 1.09 bits per heavy atom. The van der Waals surface area contributed by atoms with Crippen LogP contribution in [0.1, 0.15) is 22.6 Å². The van der Waals surface area contributed by atoms with Crippen molar-refractivity contribution < 1.29 is 8.42 Å². The highest BCUT2D eigenvalue weighted by atomic mass is 32.2. The molecule has 1 aliphatic rings. The topological polar surface area (TPSA) is 46.2 Å². The zero-order chi connectivity index (χ0) is 16.3. The van der Waals surface area contributed by atoms with Crippen LogP contribution >= 0.6 is 23.5 Å². The van der Waals surface area contributed by atoms with E-state index in [1.165, 1.54) is 5.56 Å². The second-order valence-electron chi connectivity index (χ2n) is 5.30. The highest BCUT2D eigenvalue weighted by Gasteiger charge is 2.19. The van der Waals surface area contributed by atoms with Crippen LogP contribution < -0.4 is 4.72 Å². The second-order valence-corrected chi connectivity index (χ2v) is 9.71. The number of anilines is 1. The van der Waals surface area contributed by atoms with Crippen LogP contribution in [0.5, 0.6) is 0 Å². The number of hydrogen-bond acceptors (Lipinski definition) is 4. The minimum atomic E-state index is -3.54. The summed E-state index contributed by atoms with van der Waals surface area (Å²) in [5, 5.41) is 0. The fraction of sp³-hybridized carbons (Fsp3) is 0.294. The molecule has 3 nitrogen and oxygen atoms in total. The third-order valence-corrected chi connectivity index (χ3v) is 8.18. The van der Waals surface area contributed by atoms with Crippen LogP contribution in [0.4, 0.5) is 5.69 Å². The van der Waals surface area contributed by atoms with Gasteiger partial charge in [0, 0.05) is 17.2 Å². The summed E-state index contributed by atoms with van der Waals surface area (Å²) in [4.78, 5) is 0.296. The van der Waals surface area contributed by atoms with E-state index in [-0.39, 0.29) is 0 Å². The van der Waals surface area contributed by atoms with Crippen LogP contribution in [0.15, 0.2) is 53.4 Å². The highest BCUT2D eigenvalue weighted by Crippen LogP contribution is 2.45. The molecule has 0 unspecified atom stereocenters. The molecule has 1 aliphatic heterocycles. The number of rotatable bonds is 5. The SMILES string of the molecule is CCc1ccc(S(=O)(=O)Nc2cccc(C3SCCS3)c2)cc1. The number of benzene rings is 2. The summed E-state index contributed by atoms with van der Waals surface area (Å²) in [6, 6.07) is 14.7. The van der Waals surface area contributed by atoms with E-state index in [9.17, 15) is 8.42 Å². The Hall–Kier alpha value is -1.11. The van der Waals surface area contributed by atoms with Crippen molar-refractivity contribution in [2.45, 2.75) is 22.8 Å². The van der Waals surface area contributed by atoms with Gasteiger partial charge in [-0.25, -0.2) is 8.42 Å². The zero-order valence-electron chi connectivity index (χ0n) is 12.9. The van der Waals surface area contributed by atoms with Gasteiger partial charge >= 0.3 is 0 Å². The molecule has 0 radical (unpaired) electrons. The molecule has 6 heteroatoms. The Bertz CT molecular complexity index is 767. The van der Waals surface area contributed by atoms with Gasteiger partial charge < -0.3 is 0 Å². The maximum absolute atomic E-state index is 12.5. The third kappa shape index (κ3) is 4.05. The van der Waals surface area contributed by atoms with Gasteiger partial charge in [0.1, 0.15) is 0 Å². The monoisotopic (exact) mass is 365 g/mol. The van der Waals surface area contributed by atoms with Gasteiger partial charge in [0.05, 0.1) is 9.48 Å². The smallest absolute Gasteiger partial charge is 0.261 e. The fourth-order valence-electron chi connectivity index (χ4n) is 2.42. The molecule has 122 valence electrons. The van der Waals surface area contributed by atoms with Gasteiger partial charge in [-0.2, -0.15) is 0 Å². The molecule has 0 aromatic heterocycles. The summed E-state index contributed by atoms with van der Waals surface area (Å²) < 4.78 is 28.1. The summed E-state index contributed by atoms with van der Waals surface area (Å²) in [5.74, 6) is 2.30. The lowest BCUT2D eigenvalue weighted by molar-refractivity contribution is 0.601. The zero-order valence-corrected chi connectivity index (χ0v) is 15.3. The van der Waals surface area contributed by atoms with Gasteiger partial charge in [-0.3, -0.25) is 4.72 Å². The molecule has 0 aliphatic carbocycles. The molecule has 0 saturated carbocycles. The number of aryl methyl sites for hydroxylation is 1. The van der Waals surface area contributed by atoms with Crippen molar-refractivity contribution >= 4 is 39.2 Å². The predicted molar refractivity (Wildman–Crippen MR) is 101 cm³/mol. The van der Waals surface area contributed by atoms with Gasteiger partial charge in [-0.1, -0.05) is 31.2 Å². The first-order valence-electron chi connectivity index (χ1n) is 7.53. The van der Waals surface area contributed by atoms with Gasteiger partial charge in [0.2, 0.25) is 0 Å². The number of sulfonamides is 1. The lowest BCUT2D eigenvalue weighted by Gasteiger charge is -2.12. The molecule has 0 spiro atoms. The van der Waals surface area contributed by atoms with Crippen molar-refractivity contribution in [3.63, 3.8) is 0 Å². The molecule has 0 bridgehead atoms. The summed E-state index contributed by atoms with van der Waals surface area (Å²) in [7, 11) is -3.54. The van der Waals surface area contributed by atoms with E-state index in [0.717, 1.165) is 23.5 Å². The van der Waals surface area contributed by atoms with E-state index >= 15 is 0 Å². The quantitative estimate of drug-likeness (QED) is 0.846. The van der Waals surface area contributed by atoms with E-state index in [0.29, 0.717) is 15.2 Å². The molecular weight excluding hydrogens is 346 g/mol. The molecule has 2 aromatic carbocycles. The Morgan fingerprint density at radius 3 is 2.43 bits per heavy atom. The van der Waals surface area contributed by atoms with Crippen LogP contribution in [0.25, 0.3) is 0 Å². The van der Waals surface area contributed by atoms with Crippen LogP contribution in [0.2, 0.25) is 0 Å². The molecule has 1 heterocycles. The number of nitrogens with one attached hydrogen (secondary N) is 1. The molecule has 2 aromatic rings. The standard InChI is InChI=1S/C17H19NO2S3/c1-2-13-6-8-16(9-7-13)23(19,20)18-15-5-3-4-14(12-15)17-21-10-11-22-17/h3-9,12,17-18H,2,10-11H2,1H3. The molecule has 1 fully saturated rings. The Kier molecular flexibility index (Phi) is 5.24. The van der Waals surface area contributed by atoms with Crippen molar-refractivity contribution in [3.05, 3.63) is 59.7 Å². The van der Waals surface area contributed by atoms with Gasteiger partial charge in [0.15, 0.2) is 0 Å². The normalized spacial score (nSPS) is 15.7. The first kappa shape index (κ1) is 16.7. The molecule has 0 amide bonds. The first-order valence-corrected chi connectivity index (χ1v) is 11.1. The van der Waals surface area contributed by atoms with Crippen molar-refractivity contribution in [2.24, 2.45) is 0 Å². The van der Waals surface area contributed by atoms with E-state index in [1.54, 1.807) is 18.2 Å². The third-order valence-electron chi connectivity index (χ3n) is 3.67. The number of hydrogen-bond donors (Lipinski definition) is 1. The number of thioether (sulfide) groups is 2. The van der Waals surface area contributed by atoms with Crippen LogP contribution in [0, 0.1) is 0 Å². The largest absolute Gasteiger partial charge is 0.280 e. The second kappa shape index (κ2) is 7.20. The molecule has 3 rings (SSSR count). The average molecular weight is 366 g/mol. The van der Waals surface area contributed by atoms with E-state index in [1.807, 2.05) is 54.7 Å². The molecule has 0 atom stereocenters. The van der Waals surface area contributed by atoms with Gasteiger partial charge in [-0.05, 0) is 41.8 Å². The molecule has 1 saturated heterocycles. The summed E-state index contributed by atoms with van der Waals surface area (Å²) in [6.45, 7) is 2.05. The van der Waals surface area contributed by atoms with Gasteiger partial charge in [-0.15, -0.1) is 23.5 Å². The molecule has 23 heavy (non-hydrogen) atoms. The van der Waals surface area contributed by atoms with Crippen molar-refractivity contribution in [2.75, 3.05) is 16.2 Å².